The van der Waals surface area contributed by atoms with Gasteiger partial charge in [-0.05, 0) is 72.5 Å². The van der Waals surface area contributed by atoms with Gasteiger partial charge in [0.05, 0.1) is 17.2 Å². The molecule has 40 heavy (non-hydrogen) atoms. The van der Waals surface area contributed by atoms with Crippen LogP contribution in [0.15, 0.2) is 77.7 Å². The second-order valence-corrected chi connectivity index (χ2v) is 13.1. The van der Waals surface area contributed by atoms with E-state index in [0.29, 0.717) is 41.7 Å². The van der Waals surface area contributed by atoms with Crippen LogP contribution in [0.1, 0.15) is 39.7 Å². The van der Waals surface area contributed by atoms with Gasteiger partial charge < -0.3 is 15.0 Å². The molecule has 0 aromatic heterocycles. The van der Waals surface area contributed by atoms with Crippen molar-refractivity contribution in [3.05, 3.63) is 94.5 Å². The molecule has 0 saturated carbocycles. The maximum absolute atomic E-state index is 12.6. The van der Waals surface area contributed by atoms with Gasteiger partial charge in [-0.25, -0.2) is 8.42 Å². The third kappa shape index (κ3) is 6.63. The van der Waals surface area contributed by atoms with Gasteiger partial charge in [-0.1, -0.05) is 35.9 Å². The second kappa shape index (κ2) is 12.6. The van der Waals surface area contributed by atoms with E-state index in [0.717, 1.165) is 24.0 Å². The van der Waals surface area contributed by atoms with Gasteiger partial charge in [-0.15, -0.1) is 11.8 Å². The molecule has 0 radical (unpaired) electrons. The topological polar surface area (TPSA) is 96.0 Å². The van der Waals surface area contributed by atoms with Crippen molar-refractivity contribution in [2.24, 2.45) is 0 Å². The molecule has 0 spiro atoms. The molecule has 2 saturated heterocycles. The molecule has 1 N–H and O–H groups in total. The summed E-state index contributed by atoms with van der Waals surface area (Å²) in [5.74, 6) is 0.799. The Kier molecular flexibility index (Phi) is 9.00. The van der Waals surface area contributed by atoms with Crippen molar-refractivity contribution >= 4 is 45.2 Å². The van der Waals surface area contributed by atoms with E-state index in [4.69, 9.17) is 16.3 Å². The first-order valence-corrected chi connectivity index (χ1v) is 15.9. The number of thioether (sulfide) groups is 1. The minimum Gasteiger partial charge on any atom is -0.492 e. The predicted octanol–water partition coefficient (Wildman–Crippen LogP) is 4.71. The van der Waals surface area contributed by atoms with E-state index < -0.39 is 10.0 Å². The Labute approximate surface area is 243 Å². The Morgan fingerprint density at radius 2 is 1.65 bits per heavy atom. The van der Waals surface area contributed by atoms with Gasteiger partial charge in [0.25, 0.3) is 5.91 Å². The van der Waals surface area contributed by atoms with Crippen molar-refractivity contribution in [2.45, 2.75) is 29.7 Å². The van der Waals surface area contributed by atoms with Crippen molar-refractivity contribution in [1.82, 2.24) is 14.5 Å². The van der Waals surface area contributed by atoms with E-state index in [2.05, 4.69) is 5.32 Å². The molecule has 3 aromatic carbocycles. The Hall–Kier alpha value is -3.05. The zero-order valence-corrected chi connectivity index (χ0v) is 24.2. The Morgan fingerprint density at radius 3 is 2.33 bits per heavy atom. The maximum Gasteiger partial charge on any atom is 0.251 e. The highest BCUT2D eigenvalue weighted by molar-refractivity contribution is 8.00. The number of nitrogens with one attached hydrogen (secondary N) is 1. The summed E-state index contributed by atoms with van der Waals surface area (Å²) in [6, 6.07) is 21.1. The molecule has 210 valence electrons. The van der Waals surface area contributed by atoms with Crippen LogP contribution in [0.4, 0.5) is 0 Å². The molecule has 2 amide bonds. The summed E-state index contributed by atoms with van der Waals surface area (Å²) >= 11 is 7.55. The zero-order valence-electron chi connectivity index (χ0n) is 21.8. The number of hydrogen-bond donors (Lipinski definition) is 1. The first-order valence-electron chi connectivity index (χ1n) is 13.1. The van der Waals surface area contributed by atoms with Gasteiger partial charge in [0.2, 0.25) is 15.9 Å². The van der Waals surface area contributed by atoms with Gasteiger partial charge in [0, 0.05) is 30.2 Å². The molecular formula is C29H30ClN3O5S2. The number of amides is 2. The van der Waals surface area contributed by atoms with E-state index in [1.807, 2.05) is 41.3 Å². The summed E-state index contributed by atoms with van der Waals surface area (Å²) < 4.78 is 32.5. The molecule has 0 unspecified atom stereocenters. The van der Waals surface area contributed by atoms with Crippen LogP contribution < -0.4 is 10.1 Å². The van der Waals surface area contributed by atoms with E-state index in [9.17, 15) is 18.0 Å². The van der Waals surface area contributed by atoms with Gasteiger partial charge in [-0.2, -0.15) is 4.31 Å². The number of rotatable bonds is 10. The van der Waals surface area contributed by atoms with Crippen LogP contribution in [0.5, 0.6) is 5.75 Å². The standard InChI is InChI=1S/C29H30ClN3O5S2/c30-24-9-3-21(4-10-24)19-33-27(34)20-39-29(33)23-7-5-22(6-8-23)28(35)31-15-18-38-25-11-13-26(14-12-25)40(36,37)32-16-1-2-17-32/h3-14,29H,1-2,15-20H2,(H,31,35)/t29-/m1/s1. The molecule has 2 heterocycles. The number of ether oxygens (including phenoxy) is 1. The van der Waals surface area contributed by atoms with Crippen molar-refractivity contribution in [3.63, 3.8) is 0 Å². The minimum atomic E-state index is -3.46. The molecular weight excluding hydrogens is 570 g/mol. The van der Waals surface area contributed by atoms with Crippen LogP contribution >= 0.6 is 23.4 Å². The third-order valence-corrected chi connectivity index (χ3v) is 10.3. The molecule has 2 fully saturated rings. The van der Waals surface area contributed by atoms with E-state index in [1.54, 1.807) is 48.2 Å². The lowest BCUT2D eigenvalue weighted by Gasteiger charge is -2.24. The van der Waals surface area contributed by atoms with Crippen LogP contribution in [-0.2, 0) is 21.4 Å². The predicted molar refractivity (Wildman–Crippen MR) is 156 cm³/mol. The first-order chi connectivity index (χ1) is 19.3. The average molecular weight is 600 g/mol. The average Bonchev–Trinajstić information content (AvgIpc) is 3.64. The second-order valence-electron chi connectivity index (χ2n) is 9.62. The molecule has 0 aliphatic carbocycles. The number of hydrogen-bond acceptors (Lipinski definition) is 6. The molecule has 1 atom stereocenters. The van der Waals surface area contributed by atoms with E-state index >= 15 is 0 Å². The van der Waals surface area contributed by atoms with Gasteiger partial charge in [0.15, 0.2) is 0 Å². The monoisotopic (exact) mass is 599 g/mol. The summed E-state index contributed by atoms with van der Waals surface area (Å²) in [7, 11) is -3.46. The van der Waals surface area contributed by atoms with Gasteiger partial charge in [-0.3, -0.25) is 9.59 Å². The highest BCUT2D eigenvalue weighted by Crippen LogP contribution is 2.39. The fraction of sp³-hybridized carbons (Fsp3) is 0.310. The minimum absolute atomic E-state index is 0.0784. The van der Waals surface area contributed by atoms with Crippen LogP contribution in [0, 0.1) is 0 Å². The van der Waals surface area contributed by atoms with E-state index in [1.165, 1.54) is 4.31 Å². The molecule has 8 nitrogen and oxygen atoms in total. The summed E-state index contributed by atoms with van der Waals surface area (Å²) in [5, 5.41) is 3.37. The first kappa shape index (κ1) is 28.5. The molecule has 5 rings (SSSR count). The summed E-state index contributed by atoms with van der Waals surface area (Å²) in [5.41, 5.74) is 2.48. The fourth-order valence-corrected chi connectivity index (χ4v) is 7.54. The maximum atomic E-state index is 12.6. The Bertz CT molecular complexity index is 1440. The lowest BCUT2D eigenvalue weighted by molar-refractivity contribution is -0.128. The number of nitrogens with zero attached hydrogens (tertiary/aromatic N) is 2. The van der Waals surface area contributed by atoms with E-state index in [-0.39, 0.29) is 35.2 Å². The van der Waals surface area contributed by atoms with Crippen LogP contribution in [0.3, 0.4) is 0 Å². The lowest BCUT2D eigenvalue weighted by Crippen LogP contribution is -2.29. The fourth-order valence-electron chi connectivity index (χ4n) is 4.71. The highest BCUT2D eigenvalue weighted by Gasteiger charge is 2.33. The number of benzene rings is 3. The Balaban J connectivity index is 1.10. The van der Waals surface area contributed by atoms with Crippen LogP contribution in [-0.4, -0.2) is 61.4 Å². The molecule has 2 aliphatic heterocycles. The number of carbonyl (C=O) groups excluding carboxylic acids is 2. The molecule has 3 aromatic rings. The Morgan fingerprint density at radius 1 is 0.975 bits per heavy atom. The van der Waals surface area contributed by atoms with Crippen molar-refractivity contribution < 1.29 is 22.7 Å². The lowest BCUT2D eigenvalue weighted by atomic mass is 10.1. The normalized spacial score (nSPS) is 17.8. The quantitative estimate of drug-likeness (QED) is 0.339. The van der Waals surface area contributed by atoms with Crippen molar-refractivity contribution in [3.8, 4) is 5.75 Å². The largest absolute Gasteiger partial charge is 0.492 e. The number of halogens is 1. The summed E-state index contributed by atoms with van der Waals surface area (Å²) in [6.45, 7) is 2.14. The van der Waals surface area contributed by atoms with Crippen molar-refractivity contribution in [2.75, 3.05) is 32.0 Å². The molecule has 11 heteroatoms. The van der Waals surface area contributed by atoms with Crippen molar-refractivity contribution in [1.29, 1.82) is 0 Å². The van der Waals surface area contributed by atoms with Crippen LogP contribution in [0.25, 0.3) is 0 Å². The van der Waals surface area contributed by atoms with Gasteiger partial charge in [0.1, 0.15) is 17.7 Å². The summed E-state index contributed by atoms with van der Waals surface area (Å²) in [4.78, 5) is 27.3. The van der Waals surface area contributed by atoms with Gasteiger partial charge >= 0.3 is 0 Å². The smallest absolute Gasteiger partial charge is 0.251 e. The zero-order chi connectivity index (χ0) is 28.1. The summed E-state index contributed by atoms with van der Waals surface area (Å²) in [6.07, 6.45) is 1.78. The molecule has 0 bridgehead atoms. The molecule has 2 aliphatic rings. The highest BCUT2D eigenvalue weighted by atomic mass is 35.5. The number of carbonyl (C=O) groups is 2. The SMILES string of the molecule is O=C(NCCOc1ccc(S(=O)(=O)N2CCCC2)cc1)c1ccc([C@H]2SCC(=O)N2Cc2ccc(Cl)cc2)cc1. The van der Waals surface area contributed by atoms with Crippen LogP contribution in [0.2, 0.25) is 5.02 Å². The third-order valence-electron chi connectivity index (χ3n) is 6.88. The number of sulfonamides is 1.